The van der Waals surface area contributed by atoms with Crippen molar-refractivity contribution in [3.8, 4) is 17.6 Å². The van der Waals surface area contributed by atoms with Crippen LogP contribution in [0.5, 0.6) is 11.5 Å². The Kier molecular flexibility index (Phi) is 3.28. The van der Waals surface area contributed by atoms with Crippen LogP contribution < -0.4 is 14.8 Å². The first-order valence-electron chi connectivity index (χ1n) is 5.29. The molecule has 4 nitrogen and oxygen atoms in total. The van der Waals surface area contributed by atoms with E-state index in [2.05, 4.69) is 11.4 Å². The zero-order valence-corrected chi connectivity index (χ0v) is 9.19. The molecule has 1 N–H and O–H groups in total. The van der Waals surface area contributed by atoms with Crippen molar-refractivity contribution < 1.29 is 9.47 Å². The van der Waals surface area contributed by atoms with Gasteiger partial charge in [0.05, 0.1) is 12.0 Å². The zero-order chi connectivity index (χ0) is 11.4. The average Bonchev–Trinajstić information content (AvgIpc) is 2.35. The number of rotatable bonds is 3. The lowest BCUT2D eigenvalue weighted by Crippen LogP contribution is -2.18. The van der Waals surface area contributed by atoms with Gasteiger partial charge in [0.2, 0.25) is 0 Å². The average molecular weight is 218 g/mol. The third-order valence-electron chi connectivity index (χ3n) is 2.53. The largest absolute Gasteiger partial charge is 0.486 e. The lowest BCUT2D eigenvalue weighted by Gasteiger charge is -2.19. The molecular formula is C12H14N2O2. The highest BCUT2D eigenvalue weighted by molar-refractivity contribution is 5.45. The fraction of sp³-hybridized carbons (Fsp3) is 0.417. The van der Waals surface area contributed by atoms with Gasteiger partial charge in [-0.25, -0.2) is 0 Å². The Balaban J connectivity index is 2.25. The van der Waals surface area contributed by atoms with Crippen molar-refractivity contribution in [1.82, 2.24) is 5.32 Å². The van der Waals surface area contributed by atoms with Crippen LogP contribution in [-0.2, 0) is 0 Å². The molecule has 0 saturated heterocycles. The highest BCUT2D eigenvalue weighted by Gasteiger charge is 2.16. The molecule has 0 radical (unpaired) electrons. The van der Waals surface area contributed by atoms with E-state index in [-0.39, 0.29) is 5.92 Å². The van der Waals surface area contributed by atoms with Gasteiger partial charge in [0.15, 0.2) is 11.5 Å². The number of hydrogen-bond acceptors (Lipinski definition) is 4. The van der Waals surface area contributed by atoms with Gasteiger partial charge in [0.1, 0.15) is 13.2 Å². The molecule has 16 heavy (non-hydrogen) atoms. The molecule has 0 saturated carbocycles. The standard InChI is InChI=1S/C12H14N2O2/c1-14-8-10(7-13)9-2-3-11-12(6-9)16-5-4-15-11/h2-3,6,10,14H,4-5,8H2,1H3. The maximum absolute atomic E-state index is 9.05. The van der Waals surface area contributed by atoms with Crippen LogP contribution in [0.3, 0.4) is 0 Å². The number of fused-ring (bicyclic) bond motifs is 1. The van der Waals surface area contributed by atoms with E-state index in [4.69, 9.17) is 14.7 Å². The number of ether oxygens (including phenoxy) is 2. The second kappa shape index (κ2) is 4.86. The van der Waals surface area contributed by atoms with Crippen molar-refractivity contribution in [2.45, 2.75) is 5.92 Å². The number of hydrogen-bond donors (Lipinski definition) is 1. The van der Waals surface area contributed by atoms with Gasteiger partial charge in [0.25, 0.3) is 0 Å². The topological polar surface area (TPSA) is 54.3 Å². The highest BCUT2D eigenvalue weighted by Crippen LogP contribution is 2.32. The molecule has 0 aromatic heterocycles. The van der Waals surface area contributed by atoms with Crippen molar-refractivity contribution >= 4 is 0 Å². The molecule has 1 unspecified atom stereocenters. The quantitative estimate of drug-likeness (QED) is 0.830. The first-order valence-corrected chi connectivity index (χ1v) is 5.29. The Bertz CT molecular complexity index is 412. The summed E-state index contributed by atoms with van der Waals surface area (Å²) in [6.45, 7) is 1.79. The van der Waals surface area contributed by atoms with Crippen LogP contribution in [-0.4, -0.2) is 26.8 Å². The number of nitriles is 1. The number of nitrogens with one attached hydrogen (secondary N) is 1. The Labute approximate surface area is 94.8 Å². The first kappa shape index (κ1) is 10.8. The second-order valence-corrected chi connectivity index (χ2v) is 3.64. The summed E-state index contributed by atoms with van der Waals surface area (Å²) in [4.78, 5) is 0. The minimum atomic E-state index is -0.152. The van der Waals surface area contributed by atoms with Crippen LogP contribution in [0.25, 0.3) is 0 Å². The Morgan fingerprint density at radius 1 is 1.38 bits per heavy atom. The molecule has 0 spiro atoms. The normalized spacial score (nSPS) is 15.2. The van der Waals surface area contributed by atoms with E-state index in [1.54, 1.807) is 0 Å². The van der Waals surface area contributed by atoms with Crippen molar-refractivity contribution in [2.24, 2.45) is 0 Å². The number of likely N-dealkylation sites (N-methyl/N-ethyl adjacent to an activating group) is 1. The minimum absolute atomic E-state index is 0.152. The molecule has 1 aromatic rings. The van der Waals surface area contributed by atoms with E-state index in [0.29, 0.717) is 19.8 Å². The molecule has 1 atom stereocenters. The van der Waals surface area contributed by atoms with Crippen LogP contribution in [0, 0.1) is 11.3 Å². The van der Waals surface area contributed by atoms with Gasteiger partial charge in [-0.15, -0.1) is 0 Å². The third kappa shape index (κ3) is 2.10. The van der Waals surface area contributed by atoms with Crippen molar-refractivity contribution in [1.29, 1.82) is 5.26 Å². The van der Waals surface area contributed by atoms with E-state index in [0.717, 1.165) is 17.1 Å². The van der Waals surface area contributed by atoms with Gasteiger partial charge in [-0.3, -0.25) is 0 Å². The summed E-state index contributed by atoms with van der Waals surface area (Å²) in [5.41, 5.74) is 0.959. The summed E-state index contributed by atoms with van der Waals surface area (Å²) < 4.78 is 10.9. The van der Waals surface area contributed by atoms with Gasteiger partial charge in [-0.05, 0) is 24.7 Å². The van der Waals surface area contributed by atoms with E-state index in [9.17, 15) is 0 Å². The van der Waals surface area contributed by atoms with Crippen LogP contribution in [0.2, 0.25) is 0 Å². The van der Waals surface area contributed by atoms with Crippen LogP contribution in [0.1, 0.15) is 11.5 Å². The third-order valence-corrected chi connectivity index (χ3v) is 2.53. The lowest BCUT2D eigenvalue weighted by molar-refractivity contribution is 0.171. The lowest BCUT2D eigenvalue weighted by atomic mass is 10.00. The smallest absolute Gasteiger partial charge is 0.161 e. The summed E-state index contributed by atoms with van der Waals surface area (Å²) >= 11 is 0. The maximum Gasteiger partial charge on any atom is 0.161 e. The van der Waals surface area contributed by atoms with Crippen LogP contribution >= 0.6 is 0 Å². The molecule has 4 heteroatoms. The van der Waals surface area contributed by atoms with Gasteiger partial charge in [-0.1, -0.05) is 6.07 Å². The van der Waals surface area contributed by atoms with Crippen molar-refractivity contribution in [2.75, 3.05) is 26.8 Å². The van der Waals surface area contributed by atoms with Gasteiger partial charge < -0.3 is 14.8 Å². The number of nitrogens with zero attached hydrogens (tertiary/aromatic N) is 1. The Hall–Kier alpha value is -1.73. The molecule has 0 bridgehead atoms. The molecule has 1 aliphatic rings. The highest BCUT2D eigenvalue weighted by atomic mass is 16.6. The Morgan fingerprint density at radius 3 is 2.81 bits per heavy atom. The van der Waals surface area contributed by atoms with Gasteiger partial charge >= 0.3 is 0 Å². The fourth-order valence-electron chi connectivity index (χ4n) is 1.72. The molecule has 1 heterocycles. The molecule has 1 aromatic carbocycles. The van der Waals surface area contributed by atoms with E-state index < -0.39 is 0 Å². The second-order valence-electron chi connectivity index (χ2n) is 3.64. The maximum atomic E-state index is 9.05. The molecule has 0 amide bonds. The zero-order valence-electron chi connectivity index (χ0n) is 9.19. The number of benzene rings is 1. The molecule has 84 valence electrons. The monoisotopic (exact) mass is 218 g/mol. The van der Waals surface area contributed by atoms with Gasteiger partial charge in [0, 0.05) is 6.54 Å². The van der Waals surface area contributed by atoms with Crippen molar-refractivity contribution in [3.63, 3.8) is 0 Å². The minimum Gasteiger partial charge on any atom is -0.486 e. The van der Waals surface area contributed by atoms with E-state index in [1.807, 2.05) is 25.2 Å². The molecule has 1 aliphatic heterocycles. The Morgan fingerprint density at radius 2 is 2.12 bits per heavy atom. The molecular weight excluding hydrogens is 204 g/mol. The van der Waals surface area contributed by atoms with Crippen molar-refractivity contribution in [3.05, 3.63) is 23.8 Å². The summed E-state index contributed by atoms with van der Waals surface area (Å²) in [7, 11) is 1.84. The molecule has 0 fully saturated rings. The first-order chi connectivity index (χ1) is 7.85. The summed E-state index contributed by atoms with van der Waals surface area (Å²) in [6.07, 6.45) is 0. The van der Waals surface area contributed by atoms with Gasteiger partial charge in [-0.2, -0.15) is 5.26 Å². The van der Waals surface area contributed by atoms with E-state index in [1.165, 1.54) is 0 Å². The summed E-state index contributed by atoms with van der Waals surface area (Å²) in [5.74, 6) is 1.34. The van der Waals surface area contributed by atoms with Crippen LogP contribution in [0.15, 0.2) is 18.2 Å². The predicted octanol–water partition coefficient (Wildman–Crippen LogP) is 1.28. The predicted molar refractivity (Wildman–Crippen MR) is 59.7 cm³/mol. The SMILES string of the molecule is CNCC(C#N)c1ccc2c(c1)OCCO2. The molecule has 2 rings (SSSR count). The van der Waals surface area contributed by atoms with E-state index >= 15 is 0 Å². The summed E-state index contributed by atoms with van der Waals surface area (Å²) in [5, 5.41) is 12.1. The fourth-order valence-corrected chi connectivity index (χ4v) is 1.72. The molecule has 0 aliphatic carbocycles. The van der Waals surface area contributed by atoms with Crippen LogP contribution in [0.4, 0.5) is 0 Å². The summed E-state index contributed by atoms with van der Waals surface area (Å²) in [6, 6.07) is 7.94.